The third kappa shape index (κ3) is 12.4. The summed E-state index contributed by atoms with van der Waals surface area (Å²) in [7, 11) is 4.04. The summed E-state index contributed by atoms with van der Waals surface area (Å²) < 4.78 is 0. The highest BCUT2D eigenvalue weighted by molar-refractivity contribution is 5.95. The van der Waals surface area contributed by atoms with E-state index in [1.165, 1.54) is 55.5 Å². The Morgan fingerprint density at radius 3 is 2.07 bits per heavy atom. The van der Waals surface area contributed by atoms with Crippen LogP contribution in [0.3, 0.4) is 0 Å². The number of benzene rings is 2. The predicted octanol–water partition coefficient (Wildman–Crippen LogP) is 13.6. The molecule has 2 aliphatic heterocycles. The van der Waals surface area contributed by atoms with Crippen molar-refractivity contribution < 1.29 is 0 Å². The smallest absolute Gasteiger partial charge is 0.135 e. The molecule has 8 rings (SSSR count). The number of nitrogens with one attached hydrogen (secondary N) is 4. The molecule has 2 saturated heterocycles. The first-order valence-electron chi connectivity index (χ1n) is 24.4. The number of H-pyrrole nitrogens is 2. The maximum absolute atomic E-state index is 4.59. The maximum atomic E-state index is 4.59. The number of piperidine rings is 2. The van der Waals surface area contributed by atoms with Gasteiger partial charge in [0.25, 0.3) is 0 Å². The highest BCUT2D eigenvalue weighted by Gasteiger charge is 2.19. The van der Waals surface area contributed by atoms with Crippen LogP contribution < -0.4 is 20.4 Å². The van der Waals surface area contributed by atoms with E-state index in [9.17, 15) is 0 Å². The minimum atomic E-state index is 0.725. The maximum Gasteiger partial charge on any atom is 0.135 e. The van der Waals surface area contributed by atoms with Crippen LogP contribution in [0.15, 0.2) is 147 Å². The molecule has 0 amide bonds. The van der Waals surface area contributed by atoms with Gasteiger partial charge in [0.2, 0.25) is 0 Å². The number of anilines is 3. The van der Waals surface area contributed by atoms with Crippen LogP contribution in [-0.4, -0.2) is 75.5 Å². The topological polar surface area (TPSA) is 117 Å². The second kappa shape index (κ2) is 24.6. The van der Waals surface area contributed by atoms with Gasteiger partial charge in [0, 0.05) is 91.6 Å². The Morgan fingerprint density at radius 2 is 1.42 bits per heavy atom. The number of fused-ring (bicyclic) bond motifs is 2. The van der Waals surface area contributed by atoms with E-state index in [2.05, 4.69) is 170 Å². The molecule has 0 bridgehead atoms. The molecule has 4 N–H and O–H groups in total. The van der Waals surface area contributed by atoms with Crippen LogP contribution in [0, 0.1) is 6.92 Å². The van der Waals surface area contributed by atoms with Gasteiger partial charge in [-0.1, -0.05) is 82.7 Å². The van der Waals surface area contributed by atoms with Crippen molar-refractivity contribution in [3.63, 3.8) is 0 Å². The summed E-state index contributed by atoms with van der Waals surface area (Å²) in [5.41, 5.74) is 16.4. The number of likely N-dealkylation sites (tertiary alicyclic amines) is 1. The Bertz CT molecular complexity index is 2870. The molecule has 0 atom stereocenters. The first-order valence-corrected chi connectivity index (χ1v) is 24.4. The molecule has 6 aromatic rings. The number of aromatic nitrogens is 6. The van der Waals surface area contributed by atoms with E-state index < -0.39 is 0 Å². The third-order valence-electron chi connectivity index (χ3n) is 12.7. The van der Waals surface area contributed by atoms with Crippen molar-refractivity contribution in [2.24, 2.45) is 0 Å². The van der Waals surface area contributed by atoms with Crippen molar-refractivity contribution in [2.75, 3.05) is 55.4 Å². The molecular formula is C58H73N11. The van der Waals surface area contributed by atoms with Gasteiger partial charge in [-0.15, -0.1) is 0 Å². The van der Waals surface area contributed by atoms with Gasteiger partial charge in [0.1, 0.15) is 17.2 Å². The fraction of sp³-hybridized carbons (Fsp3) is 0.310. The van der Waals surface area contributed by atoms with Crippen LogP contribution in [0.2, 0.25) is 0 Å². The normalized spacial score (nSPS) is 14.6. The van der Waals surface area contributed by atoms with E-state index in [0.717, 1.165) is 116 Å². The lowest BCUT2D eigenvalue weighted by atomic mass is 10.0. The fourth-order valence-corrected chi connectivity index (χ4v) is 8.82. The zero-order chi connectivity index (χ0) is 49.5. The third-order valence-corrected chi connectivity index (χ3v) is 12.7. The molecule has 2 fully saturated rings. The number of hydrogen-bond acceptors (Lipinski definition) is 9. The van der Waals surface area contributed by atoms with Crippen LogP contribution in [-0.2, 0) is 0 Å². The van der Waals surface area contributed by atoms with Crippen LogP contribution in [0.25, 0.3) is 49.9 Å². The largest absolute Gasteiger partial charge is 0.376 e. The van der Waals surface area contributed by atoms with Gasteiger partial charge in [-0.05, 0) is 131 Å². The SMILES string of the molecule is C=C/C=C(\C(C)=C(/C)NC(=C)c1n[nH]c2ccc(-c3cncc(N(C)C)c3)cc12)N1CCCCC1.C=C/C=C\C(=C/C)c1ccc2[nH]nc(C(=C)Nc3nccc(N4CCCCC4)c3C)c2c1.CC. The molecule has 0 aliphatic carbocycles. The lowest BCUT2D eigenvalue weighted by Gasteiger charge is -2.32. The van der Waals surface area contributed by atoms with Crippen LogP contribution in [0.1, 0.15) is 95.7 Å². The van der Waals surface area contributed by atoms with E-state index in [4.69, 9.17) is 0 Å². The minimum absolute atomic E-state index is 0.725. The fourth-order valence-electron chi connectivity index (χ4n) is 8.82. The van der Waals surface area contributed by atoms with E-state index >= 15 is 0 Å². The van der Waals surface area contributed by atoms with Crippen molar-refractivity contribution in [3.05, 3.63) is 169 Å². The summed E-state index contributed by atoms with van der Waals surface area (Å²) in [5.74, 6) is 0.827. The van der Waals surface area contributed by atoms with Crippen LogP contribution >= 0.6 is 0 Å². The number of allylic oxidation sites excluding steroid dienone is 9. The molecule has 6 heterocycles. The van der Waals surface area contributed by atoms with Gasteiger partial charge in [-0.2, -0.15) is 10.2 Å². The average molecular weight is 924 g/mol. The van der Waals surface area contributed by atoms with E-state index in [1.54, 1.807) is 6.08 Å². The van der Waals surface area contributed by atoms with Crippen molar-refractivity contribution in [1.82, 2.24) is 40.6 Å². The molecule has 2 aromatic carbocycles. The molecule has 11 heteroatoms. The second-order valence-corrected chi connectivity index (χ2v) is 17.5. The molecule has 11 nitrogen and oxygen atoms in total. The quantitative estimate of drug-likeness (QED) is 0.0747. The number of nitrogens with zero attached hydrogens (tertiary/aromatic N) is 7. The molecule has 0 spiro atoms. The predicted molar refractivity (Wildman–Crippen MR) is 296 cm³/mol. The Kier molecular flexibility index (Phi) is 18.2. The van der Waals surface area contributed by atoms with Gasteiger partial charge in [-0.25, -0.2) is 4.98 Å². The van der Waals surface area contributed by atoms with Gasteiger partial charge in [-0.3, -0.25) is 15.2 Å². The highest BCUT2D eigenvalue weighted by Crippen LogP contribution is 2.33. The molecule has 360 valence electrons. The second-order valence-electron chi connectivity index (χ2n) is 17.5. The van der Waals surface area contributed by atoms with E-state index in [1.807, 2.05) is 65.6 Å². The summed E-state index contributed by atoms with van der Waals surface area (Å²) in [5, 5.41) is 24.4. The van der Waals surface area contributed by atoms with Gasteiger partial charge in [0.15, 0.2) is 0 Å². The minimum Gasteiger partial charge on any atom is -0.376 e. The van der Waals surface area contributed by atoms with E-state index in [0.29, 0.717) is 0 Å². The Balaban J connectivity index is 0.000000220. The van der Waals surface area contributed by atoms with Crippen molar-refractivity contribution in [3.8, 4) is 11.1 Å². The Morgan fingerprint density at radius 1 is 0.768 bits per heavy atom. The van der Waals surface area contributed by atoms with Crippen LogP contribution in [0.5, 0.6) is 0 Å². The summed E-state index contributed by atoms with van der Waals surface area (Å²) in [6, 6.07) is 16.9. The summed E-state index contributed by atoms with van der Waals surface area (Å²) >= 11 is 0. The summed E-state index contributed by atoms with van der Waals surface area (Å²) in [6.45, 7) is 33.1. The summed E-state index contributed by atoms with van der Waals surface area (Å²) in [4.78, 5) is 16.0. The van der Waals surface area contributed by atoms with Gasteiger partial charge < -0.3 is 25.3 Å². The lowest BCUT2D eigenvalue weighted by Crippen LogP contribution is -2.30. The van der Waals surface area contributed by atoms with Gasteiger partial charge >= 0.3 is 0 Å². The molecule has 2 aliphatic rings. The monoisotopic (exact) mass is 924 g/mol. The first kappa shape index (κ1) is 51.0. The summed E-state index contributed by atoms with van der Waals surface area (Å²) in [6.07, 6.45) is 25.1. The molecule has 69 heavy (non-hydrogen) atoms. The average Bonchev–Trinajstić information content (AvgIpc) is 4.02. The number of aromatic amines is 2. The van der Waals surface area contributed by atoms with Gasteiger partial charge in [0.05, 0.1) is 34.3 Å². The molecule has 4 aromatic heterocycles. The van der Waals surface area contributed by atoms with E-state index in [-0.39, 0.29) is 0 Å². The van der Waals surface area contributed by atoms with Crippen molar-refractivity contribution >= 4 is 56.0 Å². The number of pyridine rings is 2. The zero-order valence-corrected chi connectivity index (χ0v) is 42.3. The number of rotatable bonds is 15. The standard InChI is InChI=1S/C29H36N6.C27H31N5.C2H6/c1-7-11-28(35-14-9-8-10-15-35)20(2)21(3)31-22(4)29-26-17-23(12-13-27(26)32-33-29)24-16-25(34(5)6)19-30-18-24;1-5-7-11-21(6-2)22-12-13-24-23(18-22)26(31-30-24)20(4)29-27-19(3)25(14-15-28-27)32-16-9-8-10-17-32;1-2/h7,11-13,16-19,31H,1,4,8-10,14-15H2,2-3,5-6H3,(H,32,33);5-7,11-15,18H,1,4,8-10,16-17H2,2-3H3,(H,28,29)(H,30,31);1-2H3/b21-20+,28-11+;11-7-,21-6+;. The Labute approximate surface area is 410 Å². The molecule has 0 unspecified atom stereocenters. The molecule has 0 radical (unpaired) electrons. The first-order chi connectivity index (χ1) is 33.5. The lowest BCUT2D eigenvalue weighted by molar-refractivity contribution is 0.289. The number of hydrogen-bond donors (Lipinski definition) is 4. The Hall–Kier alpha value is -7.40. The molecular weight excluding hydrogens is 851 g/mol. The molecule has 0 saturated carbocycles. The zero-order valence-electron chi connectivity index (χ0n) is 42.3. The van der Waals surface area contributed by atoms with Crippen molar-refractivity contribution in [1.29, 1.82) is 0 Å². The van der Waals surface area contributed by atoms with Crippen LogP contribution in [0.4, 0.5) is 17.2 Å². The van der Waals surface area contributed by atoms with Crippen molar-refractivity contribution in [2.45, 2.75) is 80.1 Å². The highest BCUT2D eigenvalue weighted by atomic mass is 15.2.